The molecular weight excluding hydrogens is 631 g/mol. The van der Waals surface area contributed by atoms with Gasteiger partial charge in [-0.05, 0) is 101 Å². The van der Waals surface area contributed by atoms with E-state index >= 15 is 0 Å². The minimum atomic E-state index is -2.26. The van der Waals surface area contributed by atoms with E-state index in [2.05, 4.69) is 123 Å². The minimum Gasteiger partial charge on any atom is -0.413 e. The van der Waals surface area contributed by atoms with Crippen LogP contribution in [0.25, 0.3) is 0 Å². The highest BCUT2D eigenvalue weighted by Crippen LogP contribution is 2.51. The molecule has 0 amide bonds. The zero-order valence-corrected chi connectivity index (χ0v) is 32.0. The normalized spacial score (nSPS) is 26.2. The van der Waals surface area contributed by atoms with Gasteiger partial charge in [0, 0.05) is 17.8 Å². The van der Waals surface area contributed by atoms with Gasteiger partial charge >= 0.3 is 0 Å². The van der Waals surface area contributed by atoms with Crippen molar-refractivity contribution in [2.45, 2.75) is 150 Å². The Labute approximate surface area is 256 Å². The first-order valence-corrected chi connectivity index (χ1v) is 21.6. The Morgan fingerprint density at radius 2 is 1.46 bits per heavy atom. The first-order chi connectivity index (χ1) is 17.3. The second-order valence-electron chi connectivity index (χ2n) is 15.8. The fourth-order valence-electron chi connectivity index (χ4n) is 4.77. The lowest BCUT2D eigenvalue weighted by atomic mass is 9.81. The summed E-state index contributed by atoms with van der Waals surface area (Å²) >= 11 is 2.30. The Kier molecular flexibility index (Phi) is 12.4. The zero-order valence-electron chi connectivity index (χ0n) is 27.8. The van der Waals surface area contributed by atoms with E-state index in [-0.39, 0.29) is 39.2 Å². The van der Waals surface area contributed by atoms with Crippen LogP contribution in [0.15, 0.2) is 21.3 Å². The van der Waals surface area contributed by atoms with E-state index in [1.807, 2.05) is 13.8 Å². The Morgan fingerprint density at radius 1 is 0.949 bits per heavy atom. The Hall–Kier alpha value is -0.0962. The van der Waals surface area contributed by atoms with E-state index in [0.29, 0.717) is 19.3 Å². The second-order valence-corrected chi connectivity index (χ2v) is 27.0. The van der Waals surface area contributed by atoms with Crippen molar-refractivity contribution >= 4 is 51.3 Å². The number of allylic oxidation sites excluding steroid dienone is 3. The minimum absolute atomic E-state index is 0.0172. The predicted octanol–water partition coefficient (Wildman–Crippen LogP) is 10.0. The van der Waals surface area contributed by atoms with Crippen LogP contribution in [0.5, 0.6) is 0 Å². The van der Waals surface area contributed by atoms with Gasteiger partial charge in [-0.15, -0.1) is 0 Å². The summed E-state index contributed by atoms with van der Waals surface area (Å²) in [5, 5.41) is 0.0438. The number of halogens is 1. The van der Waals surface area contributed by atoms with Crippen LogP contribution in [0.2, 0.25) is 36.3 Å². The van der Waals surface area contributed by atoms with Gasteiger partial charge in [0.15, 0.2) is 22.9 Å². The number of rotatable bonds is 12. The number of aldehydes is 1. The molecule has 1 saturated carbocycles. The number of carbonyl (C=O) groups excluding carboxylic acids is 2. The van der Waals surface area contributed by atoms with Crippen molar-refractivity contribution in [3.63, 3.8) is 0 Å². The molecule has 0 spiro atoms. The molecule has 0 aliphatic heterocycles. The average Bonchev–Trinajstić information content (AvgIpc) is 2.99. The molecule has 0 aromatic rings. The van der Waals surface area contributed by atoms with Gasteiger partial charge in [0.2, 0.25) is 0 Å². The van der Waals surface area contributed by atoms with Crippen molar-refractivity contribution in [1.82, 2.24) is 0 Å². The van der Waals surface area contributed by atoms with Crippen molar-refractivity contribution in [1.29, 1.82) is 0 Å². The third kappa shape index (κ3) is 9.45. The lowest BCUT2D eigenvalue weighted by Gasteiger charge is -2.45. The molecule has 1 aliphatic rings. The summed E-state index contributed by atoms with van der Waals surface area (Å²) in [5.41, 5.74) is -0.170. The van der Waals surface area contributed by atoms with Crippen LogP contribution in [0.1, 0.15) is 102 Å². The van der Waals surface area contributed by atoms with Gasteiger partial charge in [0.25, 0.3) is 0 Å². The highest BCUT2D eigenvalue weighted by Gasteiger charge is 2.58. The fourth-order valence-corrected chi connectivity index (χ4v) is 7.92. The van der Waals surface area contributed by atoms with Crippen LogP contribution in [0.3, 0.4) is 0 Å². The Bertz CT molecular complexity index is 933. The van der Waals surface area contributed by atoms with E-state index in [1.165, 1.54) is 3.58 Å². The van der Waals surface area contributed by atoms with Crippen molar-refractivity contribution in [3.05, 3.63) is 21.3 Å². The molecule has 7 heteroatoms. The third-order valence-corrected chi connectivity index (χ3v) is 19.1. The predicted molar refractivity (Wildman–Crippen MR) is 181 cm³/mol. The smallest absolute Gasteiger partial charge is 0.193 e. The molecule has 0 aromatic heterocycles. The summed E-state index contributed by atoms with van der Waals surface area (Å²) in [4.78, 5) is 26.2. The maximum absolute atomic E-state index is 13.2. The maximum Gasteiger partial charge on any atom is 0.193 e. The van der Waals surface area contributed by atoms with Gasteiger partial charge in [0.1, 0.15) is 11.4 Å². The van der Waals surface area contributed by atoms with Crippen molar-refractivity contribution in [2.24, 2.45) is 17.3 Å². The lowest BCUT2D eigenvalue weighted by Crippen LogP contribution is -2.54. The molecule has 0 radical (unpaired) electrons. The van der Waals surface area contributed by atoms with Crippen LogP contribution >= 0.6 is 22.6 Å². The Balaban J connectivity index is 3.46. The van der Waals surface area contributed by atoms with Crippen LogP contribution in [-0.2, 0) is 18.4 Å². The fraction of sp³-hybridized carbons (Fsp3) is 0.812. The second kappa shape index (κ2) is 13.0. The standard InChI is InChI=1S/C32H59IO4Si2/c1-23(16-17-27(35)31(10,11)19-18-25(3)33)20-26-28(36-38(12,13)29(4,5)6)24(2)21-32(26,22-34)37-39(14,15)30(7,8)9/h18,20,22,24,26,28H,16-17,19,21H2,1-15H3/b23-20+,25-18+/t24-,26-,28+,32-/m0/s1. The zero-order chi connectivity index (χ0) is 30.8. The first-order valence-electron chi connectivity index (χ1n) is 14.7. The molecule has 1 aliphatic carbocycles. The molecule has 0 heterocycles. The molecule has 1 rings (SSSR count). The highest BCUT2D eigenvalue weighted by molar-refractivity contribution is 14.1. The summed E-state index contributed by atoms with van der Waals surface area (Å²) < 4.78 is 15.3. The van der Waals surface area contributed by atoms with Crippen molar-refractivity contribution < 1.29 is 18.4 Å². The summed E-state index contributed by atoms with van der Waals surface area (Å²) in [6, 6.07) is 0. The van der Waals surface area contributed by atoms with Gasteiger partial charge in [-0.3, -0.25) is 4.79 Å². The summed E-state index contributed by atoms with van der Waals surface area (Å²) in [5.74, 6) is 0.283. The van der Waals surface area contributed by atoms with Crippen LogP contribution in [-0.4, -0.2) is 40.4 Å². The number of hydrogen-bond donors (Lipinski definition) is 0. The molecule has 226 valence electrons. The summed E-state index contributed by atoms with van der Waals surface area (Å²) in [6.07, 6.45) is 7.95. The van der Waals surface area contributed by atoms with Gasteiger partial charge in [0.05, 0.1) is 6.10 Å². The van der Waals surface area contributed by atoms with Gasteiger partial charge < -0.3 is 13.6 Å². The summed E-state index contributed by atoms with van der Waals surface area (Å²) in [6.45, 7) is 32.9. The molecule has 4 nitrogen and oxygen atoms in total. The van der Waals surface area contributed by atoms with E-state index < -0.39 is 22.2 Å². The number of carbonyl (C=O) groups is 2. The Morgan fingerprint density at radius 3 is 1.90 bits per heavy atom. The highest BCUT2D eigenvalue weighted by atomic mass is 127. The van der Waals surface area contributed by atoms with E-state index in [1.54, 1.807) is 0 Å². The van der Waals surface area contributed by atoms with Crippen LogP contribution in [0.4, 0.5) is 0 Å². The van der Waals surface area contributed by atoms with Crippen LogP contribution < -0.4 is 0 Å². The summed E-state index contributed by atoms with van der Waals surface area (Å²) in [7, 11) is -4.36. The first kappa shape index (κ1) is 36.9. The molecule has 0 N–H and O–H groups in total. The molecule has 1 fully saturated rings. The SMILES string of the molecule is C/C(I)=C\CC(C)(C)C(=O)CC/C(C)=C/[C@H]1[C@H](O[Si](C)(C)C(C)(C)C)[C@@H](C)C[C@@]1(C=O)O[Si](C)(C)C(C)(C)C. The molecule has 0 aromatic carbocycles. The maximum atomic E-state index is 13.2. The van der Waals surface area contributed by atoms with E-state index in [9.17, 15) is 9.59 Å². The molecule has 0 bridgehead atoms. The third-order valence-electron chi connectivity index (χ3n) is 9.67. The van der Waals surface area contributed by atoms with Crippen LogP contribution in [0, 0.1) is 17.3 Å². The molecule has 4 atom stereocenters. The lowest BCUT2D eigenvalue weighted by molar-refractivity contribution is -0.127. The molecule has 0 saturated heterocycles. The van der Waals surface area contributed by atoms with Gasteiger partial charge in [-0.25, -0.2) is 0 Å². The van der Waals surface area contributed by atoms with Crippen molar-refractivity contribution in [2.75, 3.05) is 0 Å². The topological polar surface area (TPSA) is 52.6 Å². The van der Waals surface area contributed by atoms with E-state index in [0.717, 1.165) is 18.3 Å². The average molecular weight is 691 g/mol. The quantitative estimate of drug-likeness (QED) is 0.0886. The van der Waals surface area contributed by atoms with Gasteiger partial charge in [-0.1, -0.05) is 80.0 Å². The number of ketones is 1. The monoisotopic (exact) mass is 690 g/mol. The molecule has 0 unspecified atom stereocenters. The number of Topliss-reactive ketones (excluding diaryl/α,β-unsaturated/α-hetero) is 1. The molecule has 39 heavy (non-hydrogen) atoms. The largest absolute Gasteiger partial charge is 0.413 e. The molecular formula is C32H59IO4Si2. The number of hydrogen-bond acceptors (Lipinski definition) is 4. The van der Waals surface area contributed by atoms with Gasteiger partial charge in [-0.2, -0.15) is 0 Å². The van der Waals surface area contributed by atoms with Crippen molar-refractivity contribution in [3.8, 4) is 0 Å². The van der Waals surface area contributed by atoms with E-state index in [4.69, 9.17) is 8.85 Å².